The summed E-state index contributed by atoms with van der Waals surface area (Å²) in [5, 5.41) is 14.2. The molecule has 0 bridgehead atoms. The van der Waals surface area contributed by atoms with E-state index in [-0.39, 0.29) is 11.3 Å². The highest BCUT2D eigenvalue weighted by molar-refractivity contribution is 5.90. The van der Waals surface area contributed by atoms with Gasteiger partial charge in [-0.05, 0) is 25.0 Å². The average Bonchev–Trinajstić information content (AvgIpc) is 2.92. The number of nitrogens with zero attached hydrogens (tertiary/aromatic N) is 4. The Labute approximate surface area is 145 Å². The first-order valence-electron chi connectivity index (χ1n) is 8.56. The number of nitrogens with one attached hydrogen (secondary N) is 1. The van der Waals surface area contributed by atoms with Gasteiger partial charge in [-0.15, -0.1) is 0 Å². The van der Waals surface area contributed by atoms with Crippen molar-refractivity contribution in [3.8, 4) is 17.0 Å². The molecule has 3 aromatic rings. The minimum atomic E-state index is -0.210. The molecule has 132 valence electrons. The van der Waals surface area contributed by atoms with Crippen LogP contribution in [-0.2, 0) is 7.05 Å². The lowest BCUT2D eigenvalue weighted by atomic mass is 10.1. The van der Waals surface area contributed by atoms with Gasteiger partial charge in [-0.2, -0.15) is 5.10 Å². The third-order valence-electron chi connectivity index (χ3n) is 4.09. The van der Waals surface area contributed by atoms with Crippen LogP contribution in [0.2, 0.25) is 0 Å². The number of aromatic amines is 1. The summed E-state index contributed by atoms with van der Waals surface area (Å²) in [4.78, 5) is 22.3. The van der Waals surface area contributed by atoms with Crippen LogP contribution in [0.5, 0.6) is 5.75 Å². The second kappa shape index (κ2) is 6.96. The molecule has 7 heteroatoms. The Balaban J connectivity index is 2.21. The van der Waals surface area contributed by atoms with Crippen molar-refractivity contribution in [3.05, 3.63) is 34.6 Å². The van der Waals surface area contributed by atoms with E-state index in [9.17, 15) is 9.90 Å². The topological polar surface area (TPSA) is 87.0 Å². The molecule has 0 amide bonds. The zero-order valence-corrected chi connectivity index (χ0v) is 14.8. The molecule has 25 heavy (non-hydrogen) atoms. The van der Waals surface area contributed by atoms with Crippen LogP contribution >= 0.6 is 0 Å². The summed E-state index contributed by atoms with van der Waals surface area (Å²) >= 11 is 0. The number of hydrogen-bond acceptors (Lipinski definition) is 5. The van der Waals surface area contributed by atoms with Gasteiger partial charge in [0.2, 0.25) is 5.95 Å². The van der Waals surface area contributed by atoms with E-state index in [1.54, 1.807) is 25.2 Å². The van der Waals surface area contributed by atoms with E-state index in [0.29, 0.717) is 22.7 Å². The van der Waals surface area contributed by atoms with Crippen molar-refractivity contribution in [1.29, 1.82) is 0 Å². The largest absolute Gasteiger partial charge is 0.508 e. The van der Waals surface area contributed by atoms with Gasteiger partial charge < -0.3 is 10.0 Å². The number of phenols is 1. The van der Waals surface area contributed by atoms with Crippen LogP contribution < -0.4 is 10.5 Å². The number of fused-ring (bicyclic) bond motifs is 1. The van der Waals surface area contributed by atoms with Crippen LogP contribution in [0, 0.1) is 0 Å². The van der Waals surface area contributed by atoms with Gasteiger partial charge >= 0.3 is 0 Å². The summed E-state index contributed by atoms with van der Waals surface area (Å²) < 4.78 is 1.54. The van der Waals surface area contributed by atoms with Crippen LogP contribution in [0.4, 0.5) is 5.95 Å². The van der Waals surface area contributed by atoms with Crippen molar-refractivity contribution in [1.82, 2.24) is 19.7 Å². The Morgan fingerprint density at radius 2 is 1.96 bits per heavy atom. The van der Waals surface area contributed by atoms with Gasteiger partial charge in [0.15, 0.2) is 5.52 Å². The Morgan fingerprint density at radius 1 is 1.24 bits per heavy atom. The quantitative estimate of drug-likeness (QED) is 0.720. The molecule has 0 saturated carbocycles. The highest BCUT2D eigenvalue weighted by Gasteiger charge is 2.18. The molecule has 0 spiro atoms. The molecule has 0 saturated heterocycles. The smallest absolute Gasteiger partial charge is 0.278 e. The molecular formula is C18H23N5O2. The predicted octanol–water partition coefficient (Wildman–Crippen LogP) is 2.66. The zero-order valence-electron chi connectivity index (χ0n) is 14.8. The minimum Gasteiger partial charge on any atom is -0.508 e. The molecule has 0 atom stereocenters. The zero-order chi connectivity index (χ0) is 18.0. The van der Waals surface area contributed by atoms with Crippen LogP contribution in [0.3, 0.4) is 0 Å². The normalized spacial score (nSPS) is 11.2. The maximum atomic E-state index is 12.6. The van der Waals surface area contributed by atoms with E-state index in [4.69, 9.17) is 4.98 Å². The molecule has 0 radical (unpaired) electrons. The number of aromatic hydroxyl groups is 1. The molecule has 3 rings (SSSR count). The van der Waals surface area contributed by atoms with Gasteiger partial charge in [-0.1, -0.05) is 26.0 Å². The SMILES string of the molecule is CCCN(CCC)c1nc2c(-c3cccc(O)c3)nn(C)c2c(=O)[nH]1. The average molecular weight is 341 g/mol. The molecule has 2 heterocycles. The second-order valence-corrected chi connectivity index (χ2v) is 6.10. The van der Waals surface area contributed by atoms with Gasteiger partial charge in [0.25, 0.3) is 5.56 Å². The third kappa shape index (κ3) is 3.22. The van der Waals surface area contributed by atoms with Gasteiger partial charge in [0, 0.05) is 25.7 Å². The van der Waals surface area contributed by atoms with Crippen molar-refractivity contribution in [3.63, 3.8) is 0 Å². The molecule has 0 fully saturated rings. The van der Waals surface area contributed by atoms with E-state index in [2.05, 4.69) is 28.8 Å². The summed E-state index contributed by atoms with van der Waals surface area (Å²) in [5.74, 6) is 0.718. The monoisotopic (exact) mass is 341 g/mol. The van der Waals surface area contributed by atoms with Crippen molar-refractivity contribution in [2.24, 2.45) is 7.05 Å². The second-order valence-electron chi connectivity index (χ2n) is 6.10. The van der Waals surface area contributed by atoms with E-state index < -0.39 is 0 Å². The number of phenolic OH excluding ortho intramolecular Hbond substituents is 1. The van der Waals surface area contributed by atoms with Crippen molar-refractivity contribution < 1.29 is 5.11 Å². The molecule has 0 aliphatic rings. The van der Waals surface area contributed by atoms with Crippen molar-refractivity contribution >= 4 is 17.0 Å². The lowest BCUT2D eigenvalue weighted by Crippen LogP contribution is -2.29. The summed E-state index contributed by atoms with van der Waals surface area (Å²) in [6, 6.07) is 6.82. The van der Waals surface area contributed by atoms with Crippen LogP contribution in [0.25, 0.3) is 22.3 Å². The molecule has 2 aromatic heterocycles. The number of H-pyrrole nitrogens is 1. The highest BCUT2D eigenvalue weighted by atomic mass is 16.3. The molecule has 7 nitrogen and oxygen atoms in total. The number of aryl methyl sites for hydroxylation is 1. The third-order valence-corrected chi connectivity index (χ3v) is 4.09. The molecule has 0 aliphatic carbocycles. The first-order valence-corrected chi connectivity index (χ1v) is 8.56. The molecular weight excluding hydrogens is 318 g/mol. The van der Waals surface area contributed by atoms with Crippen molar-refractivity contribution in [2.75, 3.05) is 18.0 Å². The summed E-state index contributed by atoms with van der Waals surface area (Å²) in [7, 11) is 1.72. The molecule has 1 aromatic carbocycles. The molecule has 0 aliphatic heterocycles. The summed E-state index contributed by atoms with van der Waals surface area (Å²) in [5.41, 5.74) is 2.08. The number of benzene rings is 1. The Morgan fingerprint density at radius 3 is 2.60 bits per heavy atom. The number of hydrogen-bond donors (Lipinski definition) is 2. The number of rotatable bonds is 6. The van der Waals surface area contributed by atoms with Crippen molar-refractivity contribution in [2.45, 2.75) is 26.7 Å². The fourth-order valence-corrected chi connectivity index (χ4v) is 3.03. The Bertz CT molecular complexity index is 938. The van der Waals surface area contributed by atoms with Gasteiger partial charge in [0.05, 0.1) is 0 Å². The van der Waals surface area contributed by atoms with E-state index in [1.165, 1.54) is 4.68 Å². The first kappa shape index (κ1) is 17.0. The first-order chi connectivity index (χ1) is 12.0. The lowest BCUT2D eigenvalue weighted by Gasteiger charge is -2.21. The molecule has 2 N–H and O–H groups in total. The molecule has 0 unspecified atom stereocenters. The summed E-state index contributed by atoms with van der Waals surface area (Å²) in [6.45, 7) is 5.84. The summed E-state index contributed by atoms with van der Waals surface area (Å²) in [6.07, 6.45) is 1.93. The van der Waals surface area contributed by atoms with E-state index in [0.717, 1.165) is 31.5 Å². The Kier molecular flexibility index (Phi) is 4.74. The van der Waals surface area contributed by atoms with Crippen LogP contribution in [0.1, 0.15) is 26.7 Å². The Hall–Kier alpha value is -2.83. The van der Waals surface area contributed by atoms with E-state index >= 15 is 0 Å². The minimum absolute atomic E-state index is 0.153. The van der Waals surface area contributed by atoms with Gasteiger partial charge in [0.1, 0.15) is 17.0 Å². The van der Waals surface area contributed by atoms with Gasteiger partial charge in [-0.25, -0.2) is 4.98 Å². The lowest BCUT2D eigenvalue weighted by molar-refractivity contribution is 0.475. The standard InChI is InChI=1S/C18H23N5O2/c1-4-9-23(10-5-2)18-19-15-14(12-7-6-8-13(24)11-12)21-22(3)16(15)17(25)20-18/h6-8,11,24H,4-5,9-10H2,1-3H3,(H,19,20,25). The van der Waals surface area contributed by atoms with E-state index in [1.807, 2.05) is 6.07 Å². The highest BCUT2D eigenvalue weighted by Crippen LogP contribution is 2.27. The number of aromatic nitrogens is 4. The number of anilines is 1. The fourth-order valence-electron chi connectivity index (χ4n) is 3.03. The fraction of sp³-hybridized carbons (Fsp3) is 0.389. The van der Waals surface area contributed by atoms with Gasteiger partial charge in [-0.3, -0.25) is 14.5 Å². The van der Waals surface area contributed by atoms with Crippen LogP contribution in [-0.4, -0.2) is 37.9 Å². The predicted molar refractivity (Wildman–Crippen MR) is 99.0 cm³/mol. The van der Waals surface area contributed by atoms with Crippen LogP contribution in [0.15, 0.2) is 29.1 Å². The maximum absolute atomic E-state index is 12.6. The maximum Gasteiger partial charge on any atom is 0.278 e.